The Labute approximate surface area is 134 Å². The van der Waals surface area contributed by atoms with Crippen LogP contribution >= 0.6 is 0 Å². The highest BCUT2D eigenvalue weighted by molar-refractivity contribution is 5.95. The Morgan fingerprint density at radius 2 is 1.83 bits per heavy atom. The first-order valence-corrected chi connectivity index (χ1v) is 7.36. The second-order valence-electron chi connectivity index (χ2n) is 5.28. The molecule has 0 atom stereocenters. The summed E-state index contributed by atoms with van der Waals surface area (Å²) in [4.78, 5) is 15.2. The van der Waals surface area contributed by atoms with E-state index in [2.05, 4.69) is 15.5 Å². The maximum Gasteiger partial charge on any atom is 0.272 e. The lowest BCUT2D eigenvalue weighted by atomic mass is 10.1. The number of hydrogen-bond acceptors (Lipinski definition) is 2. The molecule has 0 fully saturated rings. The van der Waals surface area contributed by atoms with Crippen LogP contribution in [-0.4, -0.2) is 17.1 Å². The molecule has 2 aromatic carbocycles. The number of nitrogens with zero attached hydrogens (tertiary/aromatic N) is 1. The third-order valence-electron chi connectivity index (χ3n) is 3.49. The van der Waals surface area contributed by atoms with E-state index < -0.39 is 0 Å². The minimum absolute atomic E-state index is 0.244. The number of rotatable bonds is 4. The van der Waals surface area contributed by atoms with Gasteiger partial charge in [0.1, 0.15) is 0 Å². The monoisotopic (exact) mass is 303 g/mol. The minimum atomic E-state index is -0.244. The Kier molecular flexibility index (Phi) is 4.34. The van der Waals surface area contributed by atoms with Gasteiger partial charge in [0.2, 0.25) is 0 Å². The van der Waals surface area contributed by atoms with E-state index in [1.807, 2.05) is 67.6 Å². The molecule has 0 aliphatic rings. The van der Waals surface area contributed by atoms with Crippen molar-refractivity contribution in [3.05, 3.63) is 83.6 Å². The van der Waals surface area contributed by atoms with Gasteiger partial charge >= 0.3 is 0 Å². The molecule has 0 aliphatic carbocycles. The molecule has 3 rings (SSSR count). The summed E-state index contributed by atoms with van der Waals surface area (Å²) < 4.78 is 0. The van der Waals surface area contributed by atoms with E-state index in [9.17, 15) is 4.79 Å². The van der Waals surface area contributed by atoms with E-state index in [1.165, 1.54) is 5.56 Å². The topological polar surface area (TPSA) is 57.2 Å². The lowest BCUT2D eigenvalue weighted by Crippen LogP contribution is -2.16. The lowest BCUT2D eigenvalue weighted by Gasteiger charge is -1.97. The van der Waals surface area contributed by atoms with Gasteiger partial charge in [-0.1, -0.05) is 60.2 Å². The van der Waals surface area contributed by atoms with Crippen LogP contribution in [-0.2, 0) is 0 Å². The molecule has 0 bridgehead atoms. The standard InChI is InChI=1S/C19H17N3O/c1-14-7-9-15(10-8-14)12-21-22-19(23)17-11-18(20-13-17)16-5-3-2-4-6-16/h2-13,20H,1H3,(H,22,23). The van der Waals surface area contributed by atoms with Gasteiger partial charge in [-0.3, -0.25) is 4.79 Å². The summed E-state index contributed by atoms with van der Waals surface area (Å²) in [6.07, 6.45) is 3.31. The molecule has 1 heterocycles. The van der Waals surface area contributed by atoms with Crippen LogP contribution in [0.1, 0.15) is 21.5 Å². The van der Waals surface area contributed by atoms with Crippen molar-refractivity contribution in [1.29, 1.82) is 0 Å². The molecule has 2 N–H and O–H groups in total. The summed E-state index contributed by atoms with van der Waals surface area (Å²) in [6.45, 7) is 2.03. The van der Waals surface area contributed by atoms with Gasteiger partial charge in [0.25, 0.3) is 5.91 Å². The molecular weight excluding hydrogens is 286 g/mol. The minimum Gasteiger partial charge on any atom is -0.360 e. The van der Waals surface area contributed by atoms with E-state index in [4.69, 9.17) is 0 Å². The summed E-state index contributed by atoms with van der Waals surface area (Å²) in [5.74, 6) is -0.244. The zero-order chi connectivity index (χ0) is 16.1. The van der Waals surface area contributed by atoms with Crippen molar-refractivity contribution in [2.45, 2.75) is 6.92 Å². The van der Waals surface area contributed by atoms with Gasteiger partial charge in [0, 0.05) is 11.9 Å². The third kappa shape index (κ3) is 3.74. The van der Waals surface area contributed by atoms with Gasteiger partial charge in [-0.05, 0) is 24.1 Å². The number of aromatic nitrogens is 1. The molecule has 114 valence electrons. The highest BCUT2D eigenvalue weighted by Gasteiger charge is 2.08. The fourth-order valence-corrected chi connectivity index (χ4v) is 2.19. The van der Waals surface area contributed by atoms with E-state index in [-0.39, 0.29) is 5.91 Å². The molecule has 23 heavy (non-hydrogen) atoms. The van der Waals surface area contributed by atoms with Crippen molar-refractivity contribution in [3.63, 3.8) is 0 Å². The number of nitrogens with one attached hydrogen (secondary N) is 2. The van der Waals surface area contributed by atoms with Crippen LogP contribution in [0.4, 0.5) is 0 Å². The molecule has 0 unspecified atom stereocenters. The van der Waals surface area contributed by atoms with Gasteiger partial charge < -0.3 is 4.98 Å². The van der Waals surface area contributed by atoms with Gasteiger partial charge in [-0.15, -0.1) is 0 Å². The summed E-state index contributed by atoms with van der Waals surface area (Å²) in [5, 5.41) is 3.99. The molecule has 4 nitrogen and oxygen atoms in total. The first kappa shape index (κ1) is 14.8. The summed E-state index contributed by atoms with van der Waals surface area (Å²) in [6, 6.07) is 19.6. The molecule has 0 saturated carbocycles. The highest BCUT2D eigenvalue weighted by Crippen LogP contribution is 2.18. The zero-order valence-electron chi connectivity index (χ0n) is 12.8. The van der Waals surface area contributed by atoms with Gasteiger partial charge in [0.15, 0.2) is 0 Å². The number of hydrazone groups is 1. The molecule has 0 saturated heterocycles. The van der Waals surface area contributed by atoms with Crippen molar-refractivity contribution in [2.75, 3.05) is 0 Å². The number of amides is 1. The van der Waals surface area contributed by atoms with Crippen molar-refractivity contribution < 1.29 is 4.79 Å². The predicted molar refractivity (Wildman–Crippen MR) is 92.5 cm³/mol. The third-order valence-corrected chi connectivity index (χ3v) is 3.49. The summed E-state index contributed by atoms with van der Waals surface area (Å²) in [5.41, 5.74) is 7.15. The number of H-pyrrole nitrogens is 1. The number of aryl methyl sites for hydroxylation is 1. The second-order valence-corrected chi connectivity index (χ2v) is 5.28. The van der Waals surface area contributed by atoms with Gasteiger partial charge in [-0.25, -0.2) is 5.43 Å². The SMILES string of the molecule is Cc1ccc(C=NNC(=O)c2c[nH]c(-c3ccccc3)c2)cc1. The van der Waals surface area contributed by atoms with E-state index in [0.717, 1.165) is 16.8 Å². The van der Waals surface area contributed by atoms with Crippen LogP contribution in [0.3, 0.4) is 0 Å². The number of hydrogen-bond donors (Lipinski definition) is 2. The van der Waals surface area contributed by atoms with E-state index in [1.54, 1.807) is 12.4 Å². The summed E-state index contributed by atoms with van der Waals surface area (Å²) in [7, 11) is 0. The van der Waals surface area contributed by atoms with Crippen molar-refractivity contribution in [2.24, 2.45) is 5.10 Å². The predicted octanol–water partition coefficient (Wildman–Crippen LogP) is 3.75. The normalized spacial score (nSPS) is 10.8. The number of aromatic amines is 1. The van der Waals surface area contributed by atoms with E-state index >= 15 is 0 Å². The maximum absolute atomic E-state index is 12.1. The molecule has 1 amide bonds. The van der Waals surface area contributed by atoms with Crippen LogP contribution < -0.4 is 5.43 Å². The van der Waals surface area contributed by atoms with Crippen LogP contribution in [0.25, 0.3) is 11.3 Å². The Hall–Kier alpha value is -3.14. The quantitative estimate of drug-likeness (QED) is 0.559. The lowest BCUT2D eigenvalue weighted by molar-refractivity contribution is 0.0955. The largest absolute Gasteiger partial charge is 0.360 e. The molecule has 0 radical (unpaired) electrons. The first-order chi connectivity index (χ1) is 11.2. The van der Waals surface area contributed by atoms with Gasteiger partial charge in [-0.2, -0.15) is 5.10 Å². The molecule has 1 aromatic heterocycles. The zero-order valence-corrected chi connectivity index (χ0v) is 12.8. The smallest absolute Gasteiger partial charge is 0.272 e. The fourth-order valence-electron chi connectivity index (χ4n) is 2.19. The first-order valence-electron chi connectivity index (χ1n) is 7.36. The molecule has 4 heteroatoms. The average molecular weight is 303 g/mol. The van der Waals surface area contributed by atoms with Crippen molar-refractivity contribution >= 4 is 12.1 Å². The summed E-state index contributed by atoms with van der Waals surface area (Å²) >= 11 is 0. The fraction of sp³-hybridized carbons (Fsp3) is 0.0526. The number of carbonyl (C=O) groups is 1. The Morgan fingerprint density at radius 3 is 2.57 bits per heavy atom. The van der Waals surface area contributed by atoms with Crippen molar-refractivity contribution in [3.8, 4) is 11.3 Å². The molecule has 3 aromatic rings. The van der Waals surface area contributed by atoms with E-state index in [0.29, 0.717) is 5.56 Å². The Balaban J connectivity index is 1.65. The van der Waals surface area contributed by atoms with Crippen molar-refractivity contribution in [1.82, 2.24) is 10.4 Å². The average Bonchev–Trinajstić information content (AvgIpc) is 3.07. The van der Waals surface area contributed by atoms with Crippen LogP contribution in [0.15, 0.2) is 72.0 Å². The molecule has 0 aliphatic heterocycles. The van der Waals surface area contributed by atoms with Gasteiger partial charge in [0.05, 0.1) is 11.8 Å². The number of carbonyl (C=O) groups excluding carboxylic acids is 1. The second kappa shape index (κ2) is 6.75. The highest BCUT2D eigenvalue weighted by atomic mass is 16.2. The molecule has 0 spiro atoms. The van der Waals surface area contributed by atoms with Crippen LogP contribution in [0.5, 0.6) is 0 Å². The van der Waals surface area contributed by atoms with Crippen LogP contribution in [0.2, 0.25) is 0 Å². The maximum atomic E-state index is 12.1. The number of benzene rings is 2. The Bertz CT molecular complexity index is 817. The molecular formula is C19H17N3O. The van der Waals surface area contributed by atoms with Crippen LogP contribution in [0, 0.1) is 6.92 Å². The Morgan fingerprint density at radius 1 is 1.09 bits per heavy atom.